The van der Waals surface area contributed by atoms with Crippen molar-refractivity contribution in [3.05, 3.63) is 56.4 Å². The molecule has 2 N–H and O–H groups in total. The van der Waals surface area contributed by atoms with Crippen LogP contribution in [0.25, 0.3) is 0 Å². The first kappa shape index (κ1) is 20.8. The minimum Gasteiger partial charge on any atom is -0.356 e. The highest BCUT2D eigenvalue weighted by atomic mass is 127. The van der Waals surface area contributed by atoms with Crippen molar-refractivity contribution < 1.29 is 0 Å². The van der Waals surface area contributed by atoms with E-state index in [9.17, 15) is 0 Å². The van der Waals surface area contributed by atoms with Gasteiger partial charge >= 0.3 is 0 Å². The molecule has 0 radical (unpaired) electrons. The SMILES string of the molecule is Cc1nnc(CN=C(NCCc2cccs2)NCc2cccs2)n1C.I. The number of aromatic nitrogens is 3. The van der Waals surface area contributed by atoms with Gasteiger partial charge in [0, 0.05) is 23.3 Å². The van der Waals surface area contributed by atoms with Gasteiger partial charge in [0.2, 0.25) is 0 Å². The summed E-state index contributed by atoms with van der Waals surface area (Å²) in [5.74, 6) is 2.54. The molecule has 0 unspecified atom stereocenters. The molecule has 0 saturated carbocycles. The quantitative estimate of drug-likeness (QED) is 0.296. The van der Waals surface area contributed by atoms with Gasteiger partial charge in [-0.05, 0) is 36.2 Å². The molecule has 0 aliphatic heterocycles. The highest BCUT2D eigenvalue weighted by Gasteiger charge is 2.06. The molecular formula is C17H23IN6S2. The van der Waals surface area contributed by atoms with E-state index in [0.717, 1.165) is 37.1 Å². The average Bonchev–Trinajstić information content (AvgIpc) is 3.36. The normalized spacial score (nSPS) is 11.2. The predicted octanol–water partition coefficient (Wildman–Crippen LogP) is 3.34. The van der Waals surface area contributed by atoms with E-state index in [-0.39, 0.29) is 24.0 Å². The Morgan fingerprint density at radius 1 is 1.12 bits per heavy atom. The number of rotatable bonds is 7. The lowest BCUT2D eigenvalue weighted by Crippen LogP contribution is -2.38. The van der Waals surface area contributed by atoms with Gasteiger partial charge in [-0.1, -0.05) is 12.1 Å². The van der Waals surface area contributed by atoms with Gasteiger partial charge in [0.05, 0.1) is 6.54 Å². The third-order valence-electron chi connectivity index (χ3n) is 3.82. The molecule has 3 aromatic heterocycles. The first-order chi connectivity index (χ1) is 12.2. The zero-order valence-corrected chi connectivity index (χ0v) is 18.8. The number of aliphatic imine (C=N–C) groups is 1. The molecule has 0 atom stereocenters. The first-order valence-corrected chi connectivity index (χ1v) is 9.90. The maximum absolute atomic E-state index is 4.67. The molecule has 26 heavy (non-hydrogen) atoms. The summed E-state index contributed by atoms with van der Waals surface area (Å²) in [5.41, 5.74) is 0. The van der Waals surface area contributed by atoms with Crippen molar-refractivity contribution >= 4 is 52.6 Å². The maximum Gasteiger partial charge on any atom is 0.192 e. The molecule has 0 aliphatic rings. The number of nitrogens with one attached hydrogen (secondary N) is 2. The van der Waals surface area contributed by atoms with E-state index in [4.69, 9.17) is 0 Å². The van der Waals surface area contributed by atoms with Crippen LogP contribution in [0.3, 0.4) is 0 Å². The monoisotopic (exact) mass is 502 g/mol. The van der Waals surface area contributed by atoms with Crippen LogP contribution in [0, 0.1) is 6.92 Å². The lowest BCUT2D eigenvalue weighted by molar-refractivity contribution is 0.751. The Hall–Kier alpha value is -1.46. The Kier molecular flexibility index (Phi) is 8.52. The third kappa shape index (κ3) is 6.06. The van der Waals surface area contributed by atoms with Crippen molar-refractivity contribution in [1.82, 2.24) is 25.4 Å². The smallest absolute Gasteiger partial charge is 0.192 e. The summed E-state index contributed by atoms with van der Waals surface area (Å²) in [7, 11) is 1.96. The van der Waals surface area contributed by atoms with Gasteiger partial charge in [-0.3, -0.25) is 0 Å². The van der Waals surface area contributed by atoms with Crippen LogP contribution in [0.2, 0.25) is 0 Å². The maximum atomic E-state index is 4.67. The van der Waals surface area contributed by atoms with Crippen molar-refractivity contribution in [3.63, 3.8) is 0 Å². The molecule has 0 fully saturated rings. The molecule has 140 valence electrons. The zero-order valence-electron chi connectivity index (χ0n) is 14.8. The molecule has 3 rings (SSSR count). The molecule has 3 heterocycles. The Labute approximate surface area is 178 Å². The number of halogens is 1. The van der Waals surface area contributed by atoms with Crippen LogP contribution >= 0.6 is 46.7 Å². The third-order valence-corrected chi connectivity index (χ3v) is 5.63. The molecule has 0 spiro atoms. The molecule has 6 nitrogen and oxygen atoms in total. The van der Waals surface area contributed by atoms with Crippen LogP contribution < -0.4 is 10.6 Å². The summed E-state index contributed by atoms with van der Waals surface area (Å²) in [6.07, 6.45) is 0.987. The van der Waals surface area contributed by atoms with Crippen molar-refractivity contribution in [2.45, 2.75) is 26.4 Å². The summed E-state index contributed by atoms with van der Waals surface area (Å²) in [5, 5.41) is 19.2. The van der Waals surface area contributed by atoms with E-state index in [0.29, 0.717) is 6.54 Å². The fourth-order valence-corrected chi connectivity index (χ4v) is 3.61. The summed E-state index contributed by atoms with van der Waals surface area (Å²) >= 11 is 3.52. The van der Waals surface area contributed by atoms with Crippen LogP contribution in [0.5, 0.6) is 0 Å². The lowest BCUT2D eigenvalue weighted by Gasteiger charge is -2.12. The Bertz CT molecular complexity index is 795. The van der Waals surface area contributed by atoms with E-state index in [1.54, 1.807) is 22.7 Å². The standard InChI is InChI=1S/C17H22N6S2.HI/c1-13-21-22-16(23(13)2)12-20-17(19-11-15-6-4-10-25-15)18-8-7-14-5-3-9-24-14;/h3-6,9-10H,7-8,11-12H2,1-2H3,(H2,18,19,20);1H. The van der Waals surface area contributed by atoms with Crippen LogP contribution in [0.4, 0.5) is 0 Å². The van der Waals surface area contributed by atoms with Gasteiger partial charge in [-0.15, -0.1) is 56.8 Å². The minimum absolute atomic E-state index is 0. The van der Waals surface area contributed by atoms with Crippen LogP contribution in [-0.4, -0.2) is 27.3 Å². The number of nitrogens with zero attached hydrogens (tertiary/aromatic N) is 4. The zero-order chi connectivity index (χ0) is 17.5. The fraction of sp³-hybridized carbons (Fsp3) is 0.353. The van der Waals surface area contributed by atoms with E-state index in [1.165, 1.54) is 9.75 Å². The van der Waals surface area contributed by atoms with Gasteiger partial charge < -0.3 is 15.2 Å². The van der Waals surface area contributed by atoms with Gasteiger partial charge in [0.15, 0.2) is 11.8 Å². The van der Waals surface area contributed by atoms with Gasteiger partial charge in [0.25, 0.3) is 0 Å². The second-order valence-electron chi connectivity index (χ2n) is 5.58. The van der Waals surface area contributed by atoms with Gasteiger partial charge in [-0.25, -0.2) is 4.99 Å². The molecule has 3 aromatic rings. The number of aryl methyl sites for hydroxylation is 1. The summed E-state index contributed by atoms with van der Waals surface area (Å²) < 4.78 is 1.96. The molecule has 0 bridgehead atoms. The van der Waals surface area contributed by atoms with Gasteiger partial charge in [-0.2, -0.15) is 0 Å². The summed E-state index contributed by atoms with van der Waals surface area (Å²) in [6.45, 7) is 4.04. The number of hydrogen-bond acceptors (Lipinski definition) is 5. The largest absolute Gasteiger partial charge is 0.356 e. The topological polar surface area (TPSA) is 67.1 Å². The number of hydrogen-bond donors (Lipinski definition) is 2. The van der Waals surface area contributed by atoms with Crippen molar-refractivity contribution in [2.24, 2.45) is 12.0 Å². The summed E-state index contributed by atoms with van der Waals surface area (Å²) in [4.78, 5) is 7.31. The van der Waals surface area contributed by atoms with Crippen molar-refractivity contribution in [1.29, 1.82) is 0 Å². The van der Waals surface area contributed by atoms with Crippen LogP contribution in [-0.2, 0) is 26.6 Å². The summed E-state index contributed by atoms with van der Waals surface area (Å²) in [6, 6.07) is 8.42. The van der Waals surface area contributed by atoms with Crippen LogP contribution in [0.1, 0.15) is 21.4 Å². The average molecular weight is 502 g/mol. The van der Waals surface area contributed by atoms with Crippen molar-refractivity contribution in [3.8, 4) is 0 Å². The van der Waals surface area contributed by atoms with E-state index in [2.05, 4.69) is 60.8 Å². The second kappa shape index (κ2) is 10.6. The second-order valence-corrected chi connectivity index (χ2v) is 7.64. The lowest BCUT2D eigenvalue weighted by atomic mass is 10.3. The first-order valence-electron chi connectivity index (χ1n) is 8.14. The highest BCUT2D eigenvalue weighted by Crippen LogP contribution is 2.09. The number of guanidine groups is 1. The van der Waals surface area contributed by atoms with Crippen LogP contribution in [0.15, 0.2) is 40.0 Å². The molecule has 0 aliphatic carbocycles. The minimum atomic E-state index is 0. The predicted molar refractivity (Wildman–Crippen MR) is 119 cm³/mol. The Morgan fingerprint density at radius 2 is 1.85 bits per heavy atom. The fourth-order valence-electron chi connectivity index (χ4n) is 2.26. The Morgan fingerprint density at radius 3 is 2.46 bits per heavy atom. The highest BCUT2D eigenvalue weighted by molar-refractivity contribution is 14.0. The van der Waals surface area contributed by atoms with Gasteiger partial charge in [0.1, 0.15) is 12.4 Å². The van der Waals surface area contributed by atoms with E-state index < -0.39 is 0 Å². The molecular weight excluding hydrogens is 479 g/mol. The molecule has 0 saturated heterocycles. The molecule has 0 amide bonds. The Balaban J connectivity index is 0.00000243. The van der Waals surface area contributed by atoms with E-state index >= 15 is 0 Å². The molecule has 9 heteroatoms. The molecule has 0 aromatic carbocycles. The van der Waals surface area contributed by atoms with Crippen molar-refractivity contribution in [2.75, 3.05) is 6.54 Å². The number of thiophene rings is 2. The van der Waals surface area contributed by atoms with E-state index in [1.807, 2.05) is 18.5 Å².